The first-order valence-electron chi connectivity index (χ1n) is 11.2. The van der Waals surface area contributed by atoms with E-state index in [1.54, 1.807) is 0 Å². The van der Waals surface area contributed by atoms with E-state index in [2.05, 4.69) is 13.8 Å². The highest BCUT2D eigenvalue weighted by Crippen LogP contribution is 2.12. The molecule has 0 aliphatic rings. The first kappa shape index (κ1) is 24.9. The molecule has 0 aromatic carbocycles. The third-order valence-corrected chi connectivity index (χ3v) is 4.98. The Balaban J connectivity index is 3.31. The van der Waals surface area contributed by atoms with Crippen LogP contribution in [0, 0.1) is 0 Å². The van der Waals surface area contributed by atoms with Gasteiger partial charge in [0, 0.05) is 6.61 Å². The molecule has 0 amide bonds. The highest BCUT2D eigenvalue weighted by molar-refractivity contribution is 4.66. The first-order valence-corrected chi connectivity index (χ1v) is 11.2. The zero-order valence-electron chi connectivity index (χ0n) is 17.2. The number of hydrogen-bond acceptors (Lipinski definition) is 3. The van der Waals surface area contributed by atoms with Crippen LogP contribution in [-0.2, 0) is 4.74 Å². The van der Waals surface area contributed by atoms with Gasteiger partial charge in [0.25, 0.3) is 0 Å². The Bertz CT molecular complexity index is 245. The van der Waals surface area contributed by atoms with Crippen LogP contribution in [0.2, 0.25) is 0 Å². The first-order chi connectivity index (χ1) is 12.2. The summed E-state index contributed by atoms with van der Waals surface area (Å²) in [7, 11) is 0. The van der Waals surface area contributed by atoms with Crippen LogP contribution < -0.4 is 0 Å². The maximum atomic E-state index is 9.97. The lowest BCUT2D eigenvalue weighted by atomic mass is 10.0. The van der Waals surface area contributed by atoms with Crippen molar-refractivity contribution in [1.29, 1.82) is 0 Å². The van der Waals surface area contributed by atoms with Crippen LogP contribution in [0.1, 0.15) is 117 Å². The zero-order chi connectivity index (χ0) is 18.6. The van der Waals surface area contributed by atoms with Crippen molar-refractivity contribution in [3.05, 3.63) is 0 Å². The Morgan fingerprint density at radius 3 is 1.52 bits per heavy atom. The molecule has 0 fully saturated rings. The molecule has 2 N–H and O–H groups in total. The number of aliphatic hydroxyl groups is 2. The molecular weight excluding hydrogens is 312 g/mol. The molecule has 152 valence electrons. The molecule has 0 saturated heterocycles. The number of aliphatic hydroxyl groups excluding tert-OH is 2. The predicted molar refractivity (Wildman–Crippen MR) is 108 cm³/mol. The van der Waals surface area contributed by atoms with E-state index >= 15 is 0 Å². The summed E-state index contributed by atoms with van der Waals surface area (Å²) < 4.78 is 5.52. The number of unbranched alkanes of at least 4 members (excludes halogenated alkanes) is 13. The van der Waals surface area contributed by atoms with Crippen molar-refractivity contribution in [2.75, 3.05) is 13.2 Å². The Kier molecular flexibility index (Phi) is 20.1. The smallest absolute Gasteiger partial charge is 0.103 e. The van der Waals surface area contributed by atoms with Gasteiger partial charge in [-0.15, -0.1) is 0 Å². The topological polar surface area (TPSA) is 49.7 Å². The molecule has 0 saturated carbocycles. The quantitative estimate of drug-likeness (QED) is 0.262. The predicted octanol–water partition coefficient (Wildman–Crippen LogP) is 6.01. The van der Waals surface area contributed by atoms with E-state index in [0.29, 0.717) is 13.0 Å². The lowest BCUT2D eigenvalue weighted by molar-refractivity contribution is -0.0418. The van der Waals surface area contributed by atoms with Gasteiger partial charge >= 0.3 is 0 Å². The van der Waals surface area contributed by atoms with Gasteiger partial charge in [0.15, 0.2) is 0 Å². The van der Waals surface area contributed by atoms with Crippen LogP contribution in [0.3, 0.4) is 0 Å². The Labute approximate surface area is 157 Å². The Hall–Kier alpha value is -0.120. The van der Waals surface area contributed by atoms with Gasteiger partial charge in [0.2, 0.25) is 0 Å². The van der Waals surface area contributed by atoms with Gasteiger partial charge < -0.3 is 14.9 Å². The van der Waals surface area contributed by atoms with Gasteiger partial charge in [-0.1, -0.05) is 104 Å². The molecule has 3 heteroatoms. The molecule has 2 atom stereocenters. The van der Waals surface area contributed by atoms with Crippen molar-refractivity contribution in [2.24, 2.45) is 0 Å². The highest BCUT2D eigenvalue weighted by atomic mass is 16.5. The van der Waals surface area contributed by atoms with E-state index in [4.69, 9.17) is 4.74 Å². The summed E-state index contributed by atoms with van der Waals surface area (Å²) in [5.41, 5.74) is 0. The van der Waals surface area contributed by atoms with Crippen molar-refractivity contribution < 1.29 is 14.9 Å². The Morgan fingerprint density at radius 2 is 1.00 bits per heavy atom. The van der Waals surface area contributed by atoms with E-state index in [-0.39, 0.29) is 6.61 Å². The van der Waals surface area contributed by atoms with Crippen LogP contribution in [0.4, 0.5) is 0 Å². The molecule has 0 heterocycles. The second-order valence-corrected chi connectivity index (χ2v) is 7.59. The largest absolute Gasteiger partial charge is 0.390 e. The summed E-state index contributed by atoms with van der Waals surface area (Å²) in [6.45, 7) is 5.45. The van der Waals surface area contributed by atoms with E-state index in [0.717, 1.165) is 19.3 Å². The molecule has 0 aliphatic carbocycles. The molecule has 3 nitrogen and oxygen atoms in total. The molecule has 2 unspecified atom stereocenters. The fraction of sp³-hybridized carbons (Fsp3) is 1.00. The van der Waals surface area contributed by atoms with Gasteiger partial charge in [-0.3, -0.25) is 0 Å². The van der Waals surface area contributed by atoms with Gasteiger partial charge in [-0.2, -0.15) is 0 Å². The van der Waals surface area contributed by atoms with Crippen molar-refractivity contribution in [3.63, 3.8) is 0 Å². The summed E-state index contributed by atoms with van der Waals surface area (Å²) in [6.07, 6.45) is 18.3. The van der Waals surface area contributed by atoms with Gasteiger partial charge in [0.1, 0.15) is 6.10 Å². The van der Waals surface area contributed by atoms with Crippen molar-refractivity contribution in [3.8, 4) is 0 Å². The lowest BCUT2D eigenvalue weighted by Crippen LogP contribution is -2.30. The molecular formula is C22H46O3. The summed E-state index contributed by atoms with van der Waals surface area (Å²) in [4.78, 5) is 0. The average Bonchev–Trinajstić information content (AvgIpc) is 2.62. The fourth-order valence-electron chi connectivity index (χ4n) is 3.16. The molecule has 0 aromatic heterocycles. The summed E-state index contributed by atoms with van der Waals surface area (Å²) >= 11 is 0. The lowest BCUT2D eigenvalue weighted by Gasteiger charge is -2.17. The SMILES string of the molecule is CCCCCCCCCCOCC(O)C(O)CCCCCCCCC. The second kappa shape index (κ2) is 20.2. The number of hydrogen-bond donors (Lipinski definition) is 2. The molecule has 0 spiro atoms. The average molecular weight is 359 g/mol. The van der Waals surface area contributed by atoms with E-state index in [9.17, 15) is 10.2 Å². The molecule has 0 radical (unpaired) electrons. The number of rotatable bonds is 20. The summed E-state index contributed by atoms with van der Waals surface area (Å²) in [6, 6.07) is 0. The Morgan fingerprint density at radius 1 is 0.560 bits per heavy atom. The van der Waals surface area contributed by atoms with Gasteiger partial charge in [-0.25, -0.2) is 0 Å². The molecule has 0 aromatic rings. The zero-order valence-corrected chi connectivity index (χ0v) is 17.2. The monoisotopic (exact) mass is 358 g/mol. The number of ether oxygens (including phenoxy) is 1. The van der Waals surface area contributed by atoms with Crippen molar-refractivity contribution in [2.45, 2.75) is 129 Å². The van der Waals surface area contributed by atoms with E-state index in [1.807, 2.05) is 0 Å². The highest BCUT2D eigenvalue weighted by Gasteiger charge is 2.15. The molecule has 0 bridgehead atoms. The van der Waals surface area contributed by atoms with Crippen LogP contribution in [0.15, 0.2) is 0 Å². The standard InChI is InChI=1S/C22H46O3/c1-3-5-7-9-11-13-15-17-19-25-20-22(24)21(23)18-16-14-12-10-8-6-4-2/h21-24H,3-20H2,1-2H3. The van der Waals surface area contributed by atoms with Crippen molar-refractivity contribution in [1.82, 2.24) is 0 Å². The van der Waals surface area contributed by atoms with Crippen LogP contribution in [0.5, 0.6) is 0 Å². The van der Waals surface area contributed by atoms with Crippen LogP contribution in [-0.4, -0.2) is 35.6 Å². The summed E-state index contributed by atoms with van der Waals surface area (Å²) in [5, 5.41) is 19.9. The van der Waals surface area contributed by atoms with Crippen LogP contribution in [0.25, 0.3) is 0 Å². The normalized spacial score (nSPS) is 13.9. The van der Waals surface area contributed by atoms with Gasteiger partial charge in [-0.05, 0) is 12.8 Å². The van der Waals surface area contributed by atoms with Gasteiger partial charge in [0.05, 0.1) is 12.7 Å². The van der Waals surface area contributed by atoms with Crippen LogP contribution >= 0.6 is 0 Å². The second-order valence-electron chi connectivity index (χ2n) is 7.59. The third kappa shape index (κ3) is 18.5. The maximum absolute atomic E-state index is 9.97. The molecule has 0 rings (SSSR count). The summed E-state index contributed by atoms with van der Waals surface area (Å²) in [5.74, 6) is 0. The minimum absolute atomic E-state index is 0.272. The van der Waals surface area contributed by atoms with E-state index in [1.165, 1.54) is 77.0 Å². The third-order valence-electron chi connectivity index (χ3n) is 4.98. The maximum Gasteiger partial charge on any atom is 0.103 e. The minimum atomic E-state index is -0.728. The van der Waals surface area contributed by atoms with E-state index < -0.39 is 12.2 Å². The molecule has 25 heavy (non-hydrogen) atoms. The van der Waals surface area contributed by atoms with Crippen molar-refractivity contribution >= 4 is 0 Å². The fourth-order valence-corrected chi connectivity index (χ4v) is 3.16. The minimum Gasteiger partial charge on any atom is -0.390 e. The molecule has 0 aliphatic heterocycles.